The Morgan fingerprint density at radius 3 is 2.83 bits per heavy atom. The Morgan fingerprint density at radius 2 is 2.09 bits per heavy atom. The zero-order valence-electron chi connectivity index (χ0n) is 20.2. The van der Waals surface area contributed by atoms with Crippen LogP contribution in [0.5, 0.6) is 0 Å². The van der Waals surface area contributed by atoms with Crippen molar-refractivity contribution in [3.63, 3.8) is 0 Å². The monoisotopic (exact) mass is 474 g/mol. The number of nitrogens with zero attached hydrogens (tertiary/aromatic N) is 6. The molecule has 0 atom stereocenters. The minimum absolute atomic E-state index is 0.0796. The fourth-order valence-electron chi connectivity index (χ4n) is 3.57. The lowest BCUT2D eigenvalue weighted by atomic mass is 10.1. The number of hydrogen-bond acceptors (Lipinski definition) is 9. The van der Waals surface area contributed by atoms with Crippen LogP contribution < -0.4 is 11.1 Å². The van der Waals surface area contributed by atoms with Crippen molar-refractivity contribution >= 4 is 40.4 Å². The van der Waals surface area contributed by atoms with E-state index in [1.165, 1.54) is 6.20 Å². The summed E-state index contributed by atoms with van der Waals surface area (Å²) in [5.74, 6) is 1.72. The highest BCUT2D eigenvalue weighted by Gasteiger charge is 2.28. The molecule has 10 nitrogen and oxygen atoms in total. The molecule has 0 radical (unpaired) electrons. The molecular formula is C25H30N8O2. The Kier molecular flexibility index (Phi) is 7.61. The van der Waals surface area contributed by atoms with E-state index in [1.54, 1.807) is 30.4 Å². The van der Waals surface area contributed by atoms with Gasteiger partial charge in [0.15, 0.2) is 5.82 Å². The molecule has 3 aromatic heterocycles. The van der Waals surface area contributed by atoms with E-state index >= 15 is 0 Å². The molecular weight excluding hydrogens is 444 g/mol. The van der Waals surface area contributed by atoms with Gasteiger partial charge in [0.05, 0.1) is 36.5 Å². The number of aliphatic imine (C=N–C) groups is 1. The smallest absolute Gasteiger partial charge is 0.219 e. The summed E-state index contributed by atoms with van der Waals surface area (Å²) in [5.41, 5.74) is 9.99. The van der Waals surface area contributed by atoms with E-state index in [9.17, 15) is 4.79 Å². The van der Waals surface area contributed by atoms with Gasteiger partial charge in [-0.15, -0.1) is 5.10 Å². The predicted octanol–water partition coefficient (Wildman–Crippen LogP) is 2.90. The number of pyridine rings is 2. The van der Waals surface area contributed by atoms with Gasteiger partial charge in [0.1, 0.15) is 5.82 Å². The van der Waals surface area contributed by atoms with Gasteiger partial charge in [0, 0.05) is 49.8 Å². The van der Waals surface area contributed by atoms with Crippen LogP contribution in [0.15, 0.2) is 47.9 Å². The number of nitrogens with one attached hydrogen (secondary N) is 1. The molecule has 4 rings (SSSR count). The zero-order chi connectivity index (χ0) is 24.8. The van der Waals surface area contributed by atoms with Gasteiger partial charge < -0.3 is 20.7 Å². The normalized spacial score (nSPS) is 14.6. The first-order valence-electron chi connectivity index (χ1n) is 11.6. The van der Waals surface area contributed by atoms with Crippen molar-refractivity contribution in [3.8, 4) is 0 Å². The van der Waals surface area contributed by atoms with E-state index in [4.69, 9.17) is 10.5 Å². The van der Waals surface area contributed by atoms with Gasteiger partial charge in [-0.2, -0.15) is 5.10 Å². The topological polar surface area (TPSA) is 132 Å². The third-order valence-electron chi connectivity index (χ3n) is 5.75. The Labute approximate surface area is 204 Å². The van der Waals surface area contributed by atoms with Gasteiger partial charge in [-0.3, -0.25) is 14.8 Å². The van der Waals surface area contributed by atoms with Crippen LogP contribution in [0.1, 0.15) is 37.8 Å². The van der Waals surface area contributed by atoms with Crippen molar-refractivity contribution in [2.75, 3.05) is 31.6 Å². The van der Waals surface area contributed by atoms with Crippen LogP contribution in [0.25, 0.3) is 16.6 Å². The van der Waals surface area contributed by atoms with Crippen LogP contribution >= 0.6 is 0 Å². The molecule has 1 aliphatic heterocycles. The minimum atomic E-state index is 0.0796. The van der Waals surface area contributed by atoms with Crippen LogP contribution in [-0.2, 0) is 9.53 Å². The van der Waals surface area contributed by atoms with Crippen LogP contribution in [0.3, 0.4) is 0 Å². The number of carbonyl (C=O) groups is 1. The molecule has 4 heterocycles. The molecule has 3 aromatic rings. The Bertz CT molecular complexity index is 1250. The van der Waals surface area contributed by atoms with Crippen LogP contribution in [0.2, 0.25) is 0 Å². The zero-order valence-corrected chi connectivity index (χ0v) is 20.2. The number of anilines is 2. The molecule has 0 bridgehead atoms. The second-order valence-corrected chi connectivity index (χ2v) is 8.69. The quantitative estimate of drug-likeness (QED) is 0.357. The highest BCUT2D eigenvalue weighted by atomic mass is 16.5. The number of fused-ring (bicyclic) bond motifs is 1. The summed E-state index contributed by atoms with van der Waals surface area (Å²) in [7, 11) is 0. The van der Waals surface area contributed by atoms with Crippen molar-refractivity contribution in [1.29, 1.82) is 0 Å². The van der Waals surface area contributed by atoms with E-state index in [2.05, 4.69) is 44.3 Å². The summed E-state index contributed by atoms with van der Waals surface area (Å²) >= 11 is 0. The molecule has 1 amide bonds. The van der Waals surface area contributed by atoms with Crippen LogP contribution in [0.4, 0.5) is 11.6 Å². The summed E-state index contributed by atoms with van der Waals surface area (Å²) in [6.45, 7) is 8.06. The molecule has 0 aromatic carbocycles. The van der Waals surface area contributed by atoms with Crippen molar-refractivity contribution in [3.05, 3.63) is 54.0 Å². The first kappa shape index (κ1) is 24.2. The number of allylic oxidation sites excluding steroid dienone is 1. The van der Waals surface area contributed by atoms with E-state index in [0.717, 1.165) is 27.7 Å². The second kappa shape index (κ2) is 11.0. The molecule has 1 aliphatic rings. The molecule has 10 heteroatoms. The largest absolute Gasteiger partial charge is 0.404 e. The molecule has 0 unspecified atom stereocenters. The number of ether oxygens (including phenoxy) is 1. The van der Waals surface area contributed by atoms with E-state index in [1.807, 2.05) is 24.3 Å². The van der Waals surface area contributed by atoms with Gasteiger partial charge in [-0.05, 0) is 35.7 Å². The first-order chi connectivity index (χ1) is 16.9. The summed E-state index contributed by atoms with van der Waals surface area (Å²) < 4.78 is 5.72. The highest BCUT2D eigenvalue weighted by Crippen LogP contribution is 2.21. The van der Waals surface area contributed by atoms with Crippen molar-refractivity contribution < 1.29 is 9.53 Å². The summed E-state index contributed by atoms with van der Waals surface area (Å²) in [5, 5.41) is 11.4. The number of likely N-dealkylation sites (tertiary alicyclic amines) is 1. The number of amides is 1. The Morgan fingerprint density at radius 1 is 1.26 bits per heavy atom. The predicted molar refractivity (Wildman–Crippen MR) is 136 cm³/mol. The van der Waals surface area contributed by atoms with Crippen LogP contribution in [0, 0.1) is 0 Å². The molecule has 0 aliphatic carbocycles. The third kappa shape index (κ3) is 6.15. The highest BCUT2D eigenvalue weighted by molar-refractivity contribution is 6.10. The van der Waals surface area contributed by atoms with Gasteiger partial charge in [0.25, 0.3) is 0 Å². The molecule has 1 fully saturated rings. The van der Waals surface area contributed by atoms with Crippen molar-refractivity contribution in [2.45, 2.75) is 32.8 Å². The Balaban J connectivity index is 1.38. The average molecular weight is 475 g/mol. The SMILES string of the molecule is CC(=O)N1CC(OCCN=CC(=CN)c2cnc3ccc(Nc4cc(C(C)C)cnn4)nc3c2)C1. The minimum Gasteiger partial charge on any atom is -0.404 e. The lowest BCUT2D eigenvalue weighted by Gasteiger charge is -2.38. The van der Waals surface area contributed by atoms with Crippen molar-refractivity contribution in [1.82, 2.24) is 25.1 Å². The van der Waals surface area contributed by atoms with Crippen molar-refractivity contribution in [2.24, 2.45) is 10.7 Å². The fourth-order valence-corrected chi connectivity index (χ4v) is 3.57. The van der Waals surface area contributed by atoms with E-state index in [0.29, 0.717) is 43.8 Å². The summed E-state index contributed by atoms with van der Waals surface area (Å²) in [6, 6.07) is 7.66. The maximum atomic E-state index is 11.2. The standard InChI is InChI=1S/C25H30N8O2/c1-16(2)18-9-25(32-29-13-18)31-24-5-4-22-23(30-24)8-19(12-28-22)20(10-26)11-27-6-7-35-21-14-33(15-21)17(3)34/h4-5,8-13,16,21H,6-7,14-15,26H2,1-3H3,(H,30,31,32). The van der Waals surface area contributed by atoms with Gasteiger partial charge >= 0.3 is 0 Å². The lowest BCUT2D eigenvalue weighted by Crippen LogP contribution is -2.54. The van der Waals surface area contributed by atoms with Gasteiger partial charge in [0.2, 0.25) is 5.91 Å². The Hall–Kier alpha value is -3.92. The second-order valence-electron chi connectivity index (χ2n) is 8.69. The van der Waals surface area contributed by atoms with E-state index < -0.39 is 0 Å². The fraction of sp³-hybridized carbons (Fsp3) is 0.360. The molecule has 0 spiro atoms. The van der Waals surface area contributed by atoms with Gasteiger partial charge in [-0.1, -0.05) is 13.8 Å². The average Bonchev–Trinajstić information content (AvgIpc) is 2.82. The number of nitrogens with two attached hydrogens (primary N) is 1. The van der Waals surface area contributed by atoms with E-state index in [-0.39, 0.29) is 12.0 Å². The molecule has 3 N–H and O–H groups in total. The van der Waals surface area contributed by atoms with Gasteiger partial charge in [-0.25, -0.2) is 4.98 Å². The maximum absolute atomic E-state index is 11.2. The molecule has 35 heavy (non-hydrogen) atoms. The molecule has 182 valence electrons. The first-order valence-corrected chi connectivity index (χ1v) is 11.6. The number of carbonyl (C=O) groups excluding carboxylic acids is 1. The summed E-state index contributed by atoms with van der Waals surface area (Å²) in [4.78, 5) is 26.6. The lowest BCUT2D eigenvalue weighted by molar-refractivity contribution is -0.142. The molecule has 1 saturated heterocycles. The number of rotatable bonds is 9. The molecule has 0 saturated carbocycles. The third-order valence-corrected chi connectivity index (χ3v) is 5.75. The number of hydrogen-bond donors (Lipinski definition) is 2. The van der Waals surface area contributed by atoms with Crippen LogP contribution in [-0.4, -0.2) is 69.5 Å². The number of aromatic nitrogens is 4. The maximum Gasteiger partial charge on any atom is 0.219 e. The summed E-state index contributed by atoms with van der Waals surface area (Å²) in [6.07, 6.45) is 6.82.